The first-order valence-electron chi connectivity index (χ1n) is 19.7. The highest BCUT2D eigenvalue weighted by atomic mass is 32.2. The van der Waals surface area contributed by atoms with Crippen LogP contribution in [0.3, 0.4) is 0 Å². The fraction of sp³-hybridized carbons (Fsp3) is 0.600. The van der Waals surface area contributed by atoms with E-state index in [1.807, 2.05) is 30.4 Å². The van der Waals surface area contributed by atoms with Crippen molar-refractivity contribution in [1.29, 1.82) is 0 Å². The van der Waals surface area contributed by atoms with Gasteiger partial charge in [0.25, 0.3) is 11.8 Å². The zero-order chi connectivity index (χ0) is 40.0. The smallest absolute Gasteiger partial charge is 0.408 e. The van der Waals surface area contributed by atoms with Crippen molar-refractivity contribution in [1.82, 2.24) is 30.1 Å². The first-order chi connectivity index (χ1) is 26.6. The number of likely N-dealkylation sites (tertiary alicyclic amines) is 1. The molecular formula is C40H52N6O9S. The molecule has 0 radical (unpaired) electrons. The van der Waals surface area contributed by atoms with Crippen molar-refractivity contribution in [2.75, 3.05) is 26.7 Å². The highest BCUT2D eigenvalue weighted by molar-refractivity contribution is 7.91. The number of methoxy groups -OCH3 is 1. The molecule has 3 aliphatic heterocycles. The van der Waals surface area contributed by atoms with Crippen LogP contribution in [-0.4, -0.2) is 108 Å². The van der Waals surface area contributed by atoms with E-state index in [1.54, 1.807) is 37.8 Å². The Morgan fingerprint density at radius 2 is 1.75 bits per heavy atom. The third-order valence-corrected chi connectivity index (χ3v) is 13.4. The summed E-state index contributed by atoms with van der Waals surface area (Å²) < 4.78 is 39.2. The molecule has 0 spiro atoms. The van der Waals surface area contributed by atoms with Gasteiger partial charge in [-0.1, -0.05) is 43.5 Å². The largest absolute Gasteiger partial charge is 0.496 e. The summed E-state index contributed by atoms with van der Waals surface area (Å²) in [5.74, 6) is -3.04. The predicted molar refractivity (Wildman–Crippen MR) is 206 cm³/mol. The standard InChI is InChI=1S/C40H52N6O9S/c1-39(2,3)55-38(51)42-30-16-10-8-6-5-7-9-13-25-20-40(25,37(50)44-56(52,53)26-17-18-26)43-34(47)33-28-23-45(21-24(28)22-46(33)36(30)49)35(48)31-19-32(54-4)27-14-11-12-15-29(27)41-31/h9,11-15,19,24-26,28,30,33H,5-8,10,16-18,20-23H2,1-4H3,(H,42,51)(H,43,47)(H,44,50)/b13-9-/t24-,25+,28-,30+,33-,40+/m0/s1. The van der Waals surface area contributed by atoms with Crippen molar-refractivity contribution in [3.63, 3.8) is 0 Å². The molecule has 4 fully saturated rings. The normalized spacial score (nSPS) is 29.0. The van der Waals surface area contributed by atoms with Gasteiger partial charge in [-0.2, -0.15) is 0 Å². The van der Waals surface area contributed by atoms with E-state index in [-0.39, 0.29) is 43.6 Å². The van der Waals surface area contributed by atoms with Crippen LogP contribution < -0.4 is 20.1 Å². The van der Waals surface area contributed by atoms with Crippen molar-refractivity contribution in [2.24, 2.45) is 17.8 Å². The van der Waals surface area contributed by atoms with Crippen LogP contribution in [0.4, 0.5) is 4.79 Å². The Labute approximate surface area is 327 Å². The van der Waals surface area contributed by atoms with Gasteiger partial charge in [0, 0.05) is 48.8 Å². The topological polar surface area (TPSA) is 193 Å². The Kier molecular flexibility index (Phi) is 10.8. The summed E-state index contributed by atoms with van der Waals surface area (Å²) in [6.45, 7) is 5.65. The summed E-state index contributed by atoms with van der Waals surface area (Å²) in [6, 6.07) is 6.81. The highest BCUT2D eigenvalue weighted by Crippen LogP contribution is 2.47. The molecular weight excluding hydrogens is 741 g/mol. The summed E-state index contributed by atoms with van der Waals surface area (Å²) in [6.07, 6.45) is 8.45. The minimum absolute atomic E-state index is 0.116. The third kappa shape index (κ3) is 8.21. The van der Waals surface area contributed by atoms with Gasteiger partial charge in [-0.05, 0) is 71.4 Å². The zero-order valence-corrected chi connectivity index (χ0v) is 33.2. The average Bonchev–Trinajstić information content (AvgIpc) is 4.04. The SMILES string of the molecule is COc1cc(C(=O)N2C[C@H]3CN4C(=O)[C@H](NC(=O)OC(C)(C)C)CCCCCC/C=C\[C@@H]5C[C@@]5(C(=O)NS(=O)(=O)C5CC5)NC(=O)[C@@H]4[C@H]3C2)nc2ccccc12. The van der Waals surface area contributed by atoms with Crippen molar-refractivity contribution in [2.45, 2.75) is 107 Å². The molecule has 16 heteroatoms. The Balaban J connectivity index is 1.20. The van der Waals surface area contributed by atoms with Gasteiger partial charge in [-0.15, -0.1) is 0 Å². The average molecular weight is 793 g/mol. The first-order valence-corrected chi connectivity index (χ1v) is 21.2. The van der Waals surface area contributed by atoms with Crippen LogP contribution in [0.5, 0.6) is 5.75 Å². The number of nitrogens with zero attached hydrogens (tertiary/aromatic N) is 3. The number of para-hydroxylation sites is 1. The van der Waals surface area contributed by atoms with Crippen molar-refractivity contribution >= 4 is 50.6 Å². The number of carbonyl (C=O) groups is 5. The minimum Gasteiger partial charge on any atom is -0.496 e. The molecule has 302 valence electrons. The van der Waals surface area contributed by atoms with Crippen LogP contribution >= 0.6 is 0 Å². The lowest BCUT2D eigenvalue weighted by molar-refractivity contribution is -0.142. The summed E-state index contributed by atoms with van der Waals surface area (Å²) in [7, 11) is -2.40. The van der Waals surface area contributed by atoms with E-state index < -0.39 is 74.1 Å². The second-order valence-electron chi connectivity index (χ2n) is 16.9. The van der Waals surface area contributed by atoms with Gasteiger partial charge in [0.05, 0.1) is 17.9 Å². The van der Waals surface area contributed by atoms with E-state index in [1.165, 1.54) is 12.0 Å². The van der Waals surface area contributed by atoms with Gasteiger partial charge < -0.3 is 29.9 Å². The fourth-order valence-corrected chi connectivity index (χ4v) is 9.81. The van der Waals surface area contributed by atoms with Gasteiger partial charge in [0.15, 0.2) is 0 Å². The Hall–Kier alpha value is -4.73. The number of sulfonamides is 1. The molecule has 2 saturated carbocycles. The van der Waals surface area contributed by atoms with Crippen molar-refractivity contribution in [3.05, 3.63) is 48.2 Å². The lowest BCUT2D eigenvalue weighted by atomic mass is 9.93. The van der Waals surface area contributed by atoms with E-state index in [0.717, 1.165) is 31.1 Å². The molecule has 7 rings (SSSR count). The highest BCUT2D eigenvalue weighted by Gasteiger charge is 2.63. The maximum atomic E-state index is 14.7. The summed E-state index contributed by atoms with van der Waals surface area (Å²) >= 11 is 0. The van der Waals surface area contributed by atoms with Gasteiger partial charge in [-0.3, -0.25) is 23.9 Å². The van der Waals surface area contributed by atoms with Crippen molar-refractivity contribution < 1.29 is 41.9 Å². The maximum Gasteiger partial charge on any atom is 0.408 e. The van der Waals surface area contributed by atoms with E-state index in [2.05, 4.69) is 20.3 Å². The molecule has 4 heterocycles. The molecule has 0 unspecified atom stereocenters. The van der Waals surface area contributed by atoms with E-state index >= 15 is 0 Å². The number of aromatic nitrogens is 1. The predicted octanol–water partition coefficient (Wildman–Crippen LogP) is 3.43. The number of benzene rings is 1. The van der Waals surface area contributed by atoms with E-state index in [4.69, 9.17) is 9.47 Å². The first kappa shape index (κ1) is 39.5. The monoisotopic (exact) mass is 792 g/mol. The maximum absolute atomic E-state index is 14.7. The molecule has 1 aromatic carbocycles. The number of alkyl carbamates (subject to hydrolysis) is 1. The number of allylic oxidation sites excluding steroid dienone is 1. The van der Waals surface area contributed by atoms with Crippen LogP contribution in [0.15, 0.2) is 42.5 Å². The Morgan fingerprint density at radius 3 is 2.48 bits per heavy atom. The van der Waals surface area contributed by atoms with Crippen molar-refractivity contribution in [3.8, 4) is 5.75 Å². The Morgan fingerprint density at radius 1 is 1.00 bits per heavy atom. The van der Waals surface area contributed by atoms with Gasteiger partial charge in [0.2, 0.25) is 21.8 Å². The van der Waals surface area contributed by atoms with Crippen LogP contribution in [-0.2, 0) is 29.1 Å². The molecule has 15 nitrogen and oxygen atoms in total. The number of fused-ring (bicyclic) bond motifs is 5. The number of carbonyl (C=O) groups excluding carboxylic acids is 5. The van der Waals surface area contributed by atoms with E-state index in [9.17, 15) is 32.4 Å². The van der Waals surface area contributed by atoms with Gasteiger partial charge >= 0.3 is 6.09 Å². The molecule has 5 aliphatic rings. The lowest BCUT2D eigenvalue weighted by Gasteiger charge is -2.33. The molecule has 0 bridgehead atoms. The number of rotatable bonds is 6. The number of ether oxygens (including phenoxy) is 2. The molecule has 3 N–H and O–H groups in total. The number of nitrogens with one attached hydrogen (secondary N) is 3. The molecule has 2 saturated heterocycles. The van der Waals surface area contributed by atoms with Gasteiger partial charge in [0.1, 0.15) is 34.7 Å². The lowest BCUT2D eigenvalue weighted by Crippen LogP contribution is -2.60. The molecule has 2 aliphatic carbocycles. The number of hydrogen-bond acceptors (Lipinski definition) is 10. The second-order valence-corrected chi connectivity index (χ2v) is 18.8. The summed E-state index contributed by atoms with van der Waals surface area (Å²) in [5, 5.41) is 5.81. The molecule has 6 atom stereocenters. The number of hydrogen-bond donors (Lipinski definition) is 3. The number of amides is 5. The molecule has 5 amide bonds. The minimum atomic E-state index is -3.92. The van der Waals surface area contributed by atoms with Crippen LogP contribution in [0, 0.1) is 17.8 Å². The molecule has 56 heavy (non-hydrogen) atoms. The van der Waals surface area contributed by atoms with Crippen LogP contribution in [0.1, 0.15) is 89.0 Å². The Bertz CT molecular complexity index is 2050. The second kappa shape index (κ2) is 15.3. The number of pyridine rings is 1. The summed E-state index contributed by atoms with van der Waals surface area (Å²) in [4.78, 5) is 78.0. The quantitative estimate of drug-likeness (QED) is 0.365. The third-order valence-electron chi connectivity index (χ3n) is 11.6. The zero-order valence-electron chi connectivity index (χ0n) is 32.4. The fourth-order valence-electron chi connectivity index (χ4n) is 8.45. The van der Waals surface area contributed by atoms with Crippen LogP contribution in [0.2, 0.25) is 0 Å². The van der Waals surface area contributed by atoms with E-state index in [0.29, 0.717) is 36.9 Å². The molecule has 2 aromatic rings. The molecule has 1 aromatic heterocycles. The van der Waals surface area contributed by atoms with Gasteiger partial charge in [-0.25, -0.2) is 18.2 Å². The summed E-state index contributed by atoms with van der Waals surface area (Å²) in [5.41, 5.74) is -1.58. The van der Waals surface area contributed by atoms with Crippen LogP contribution in [0.25, 0.3) is 10.9 Å².